The van der Waals surface area contributed by atoms with Crippen LogP contribution < -0.4 is 11.2 Å². The third-order valence-electron chi connectivity index (χ3n) is 3.35. The number of aromatic amines is 1. The first-order valence-corrected chi connectivity index (χ1v) is 8.08. The van der Waals surface area contributed by atoms with Crippen LogP contribution >= 0.6 is 0 Å². The number of carboxylic acids is 1. The third kappa shape index (κ3) is 3.34. The molecule has 1 aliphatic rings. The Morgan fingerprint density at radius 3 is 2.57 bits per heavy atom. The summed E-state index contributed by atoms with van der Waals surface area (Å²) in [4.78, 5) is 35.3. The molecule has 1 saturated heterocycles. The summed E-state index contributed by atoms with van der Waals surface area (Å²) in [6, 6.07) is 0.963. The molecule has 1 aromatic rings. The number of aliphatic hydroxyl groups excluding tert-OH is 2. The molecule has 1 fully saturated rings. The second-order valence-electron chi connectivity index (χ2n) is 4.92. The van der Waals surface area contributed by atoms with Crippen LogP contribution in [0.25, 0.3) is 0 Å². The van der Waals surface area contributed by atoms with Crippen LogP contribution in [0.2, 0.25) is 0 Å². The Kier molecular flexibility index (Phi) is 4.70. The summed E-state index contributed by atoms with van der Waals surface area (Å²) in [7, 11) is -4.35. The van der Waals surface area contributed by atoms with Gasteiger partial charge >= 0.3 is 11.7 Å². The van der Waals surface area contributed by atoms with Crippen molar-refractivity contribution in [3.05, 3.63) is 33.1 Å². The second-order valence-corrected chi connectivity index (χ2v) is 7.08. The monoisotopic (exact) mass is 350 g/mol. The number of ether oxygens (including phenoxy) is 1. The number of aromatic nitrogens is 2. The molecule has 128 valence electrons. The van der Waals surface area contributed by atoms with Crippen LogP contribution in [0.4, 0.5) is 0 Å². The summed E-state index contributed by atoms with van der Waals surface area (Å²) in [5.41, 5.74) is -1.65. The van der Waals surface area contributed by atoms with Crippen LogP contribution in [0.5, 0.6) is 0 Å². The van der Waals surface area contributed by atoms with E-state index in [1.165, 1.54) is 0 Å². The molecule has 0 aromatic carbocycles. The largest absolute Gasteiger partial charge is 0.480 e. The van der Waals surface area contributed by atoms with Crippen LogP contribution in [0, 0.1) is 0 Å². The maximum atomic E-state index is 12.1. The maximum absolute atomic E-state index is 12.1. The Hall–Kier alpha value is -2.02. The van der Waals surface area contributed by atoms with Crippen molar-refractivity contribution in [2.45, 2.75) is 23.7 Å². The van der Waals surface area contributed by atoms with E-state index < -0.39 is 63.1 Å². The van der Waals surface area contributed by atoms with Gasteiger partial charge in [0.1, 0.15) is 23.2 Å². The van der Waals surface area contributed by atoms with Crippen LogP contribution in [0.1, 0.15) is 6.23 Å². The number of hydrogen-bond donors (Lipinski definition) is 4. The van der Waals surface area contributed by atoms with E-state index in [1.54, 1.807) is 0 Å². The van der Waals surface area contributed by atoms with Gasteiger partial charge in [-0.25, -0.2) is 13.2 Å². The van der Waals surface area contributed by atoms with Gasteiger partial charge in [0.2, 0.25) is 0 Å². The molecule has 0 bridgehead atoms. The van der Waals surface area contributed by atoms with Gasteiger partial charge in [-0.05, 0) is 0 Å². The Morgan fingerprint density at radius 1 is 1.39 bits per heavy atom. The molecular formula is C11H14N2O9S. The van der Waals surface area contributed by atoms with Crippen molar-refractivity contribution in [2.75, 3.05) is 12.4 Å². The van der Waals surface area contributed by atoms with Crippen molar-refractivity contribution in [2.24, 2.45) is 0 Å². The van der Waals surface area contributed by atoms with Gasteiger partial charge in [0.05, 0.1) is 6.61 Å². The van der Waals surface area contributed by atoms with Crippen molar-refractivity contribution < 1.29 is 33.3 Å². The minimum Gasteiger partial charge on any atom is -0.480 e. The van der Waals surface area contributed by atoms with Crippen molar-refractivity contribution in [3.8, 4) is 0 Å². The third-order valence-corrected chi connectivity index (χ3v) is 5.42. The molecule has 0 radical (unpaired) electrons. The summed E-state index contributed by atoms with van der Waals surface area (Å²) in [5, 5.41) is 26.3. The van der Waals surface area contributed by atoms with Gasteiger partial charge in [-0.2, -0.15) is 0 Å². The summed E-state index contributed by atoms with van der Waals surface area (Å²) in [6.45, 7) is -0.810. The number of carbonyl (C=O) groups is 1. The van der Waals surface area contributed by atoms with Gasteiger partial charge in [0.25, 0.3) is 5.56 Å². The highest BCUT2D eigenvalue weighted by Gasteiger charge is 2.51. The van der Waals surface area contributed by atoms with Gasteiger partial charge in [0.15, 0.2) is 16.1 Å². The van der Waals surface area contributed by atoms with E-state index >= 15 is 0 Å². The average Bonchev–Trinajstić information content (AvgIpc) is 2.75. The Bertz CT molecular complexity index is 811. The molecule has 11 nitrogen and oxygen atoms in total. The lowest BCUT2D eigenvalue weighted by Crippen LogP contribution is -2.44. The Labute approximate surface area is 128 Å². The van der Waals surface area contributed by atoms with Crippen molar-refractivity contribution in [1.29, 1.82) is 0 Å². The number of carboxylic acid groups (broad SMARTS) is 1. The molecule has 4 atom stereocenters. The van der Waals surface area contributed by atoms with E-state index in [2.05, 4.69) is 0 Å². The predicted octanol–water partition coefficient (Wildman–Crippen LogP) is -3.34. The zero-order valence-corrected chi connectivity index (χ0v) is 12.3. The fourth-order valence-corrected chi connectivity index (χ4v) is 4.14. The summed E-state index contributed by atoms with van der Waals surface area (Å²) < 4.78 is 30.1. The van der Waals surface area contributed by atoms with Crippen molar-refractivity contribution in [1.82, 2.24) is 9.55 Å². The topological polar surface area (TPSA) is 176 Å². The average molecular weight is 350 g/mol. The summed E-state index contributed by atoms with van der Waals surface area (Å²) in [5.74, 6) is -2.89. The van der Waals surface area contributed by atoms with Crippen molar-refractivity contribution in [3.63, 3.8) is 0 Å². The van der Waals surface area contributed by atoms with Gasteiger partial charge in [-0.1, -0.05) is 0 Å². The highest BCUT2D eigenvalue weighted by molar-refractivity contribution is 7.92. The van der Waals surface area contributed by atoms with E-state index in [-0.39, 0.29) is 0 Å². The zero-order valence-electron chi connectivity index (χ0n) is 11.5. The van der Waals surface area contributed by atoms with E-state index in [4.69, 9.17) is 9.84 Å². The van der Waals surface area contributed by atoms with Crippen molar-refractivity contribution >= 4 is 15.8 Å². The van der Waals surface area contributed by atoms with Crippen LogP contribution in [-0.4, -0.2) is 69.1 Å². The number of nitrogens with zero attached hydrogens (tertiary/aromatic N) is 1. The quantitative estimate of drug-likeness (QED) is 0.422. The Balaban J connectivity index is 2.42. The standard InChI is InChI=1S/C11H14N2O9S/c14-3-5-9(23(20,21)4-7(16)17)8(18)10(22-5)13-2-1-6(15)12-11(13)19/h1-2,5,8-10,14,18H,3-4H2,(H,16,17)(H,12,15,19)/t5-,8-,9-,10-/m1/s1. The van der Waals surface area contributed by atoms with E-state index in [1.807, 2.05) is 4.98 Å². The Morgan fingerprint density at radius 2 is 2.04 bits per heavy atom. The number of hydrogen-bond acceptors (Lipinski definition) is 8. The number of sulfone groups is 1. The number of nitrogens with one attached hydrogen (secondary N) is 1. The van der Waals surface area contributed by atoms with Crippen LogP contribution in [0.15, 0.2) is 21.9 Å². The number of H-pyrrole nitrogens is 1. The number of aliphatic hydroxyl groups is 2. The highest BCUT2D eigenvalue weighted by atomic mass is 32.2. The zero-order chi connectivity index (χ0) is 17.4. The first-order valence-electron chi connectivity index (χ1n) is 6.36. The second kappa shape index (κ2) is 6.23. The fraction of sp³-hybridized carbons (Fsp3) is 0.545. The highest BCUT2D eigenvalue weighted by Crippen LogP contribution is 2.32. The molecule has 0 aliphatic carbocycles. The van der Waals surface area contributed by atoms with Crippen LogP contribution in [0.3, 0.4) is 0 Å². The first kappa shape index (κ1) is 17.3. The molecule has 2 heterocycles. The van der Waals surface area contributed by atoms with Gasteiger partial charge in [-0.3, -0.25) is 19.1 Å². The van der Waals surface area contributed by atoms with E-state index in [9.17, 15) is 33.0 Å². The lowest BCUT2D eigenvalue weighted by atomic mass is 10.2. The fourth-order valence-electron chi connectivity index (χ4n) is 2.44. The summed E-state index contributed by atoms with van der Waals surface area (Å²) >= 11 is 0. The molecule has 2 rings (SSSR count). The molecule has 4 N–H and O–H groups in total. The van der Waals surface area contributed by atoms with E-state index in [0.717, 1.165) is 16.8 Å². The first-order chi connectivity index (χ1) is 10.7. The molecule has 0 spiro atoms. The predicted molar refractivity (Wildman–Crippen MR) is 73.5 cm³/mol. The normalized spacial score (nSPS) is 27.9. The molecular weight excluding hydrogens is 336 g/mol. The summed E-state index contributed by atoms with van der Waals surface area (Å²) in [6.07, 6.45) is -3.72. The van der Waals surface area contributed by atoms with E-state index in [0.29, 0.717) is 0 Å². The molecule has 1 aliphatic heterocycles. The van der Waals surface area contributed by atoms with Crippen LogP contribution in [-0.2, 0) is 19.4 Å². The molecule has 0 unspecified atom stereocenters. The minimum atomic E-state index is -4.35. The van der Waals surface area contributed by atoms with Gasteiger partial charge in [-0.15, -0.1) is 0 Å². The number of rotatable bonds is 5. The minimum absolute atomic E-state index is 0.701. The molecule has 0 saturated carbocycles. The molecule has 23 heavy (non-hydrogen) atoms. The SMILES string of the molecule is O=C(O)CS(=O)(=O)[C@H]1[C@@H](O)[C@H](n2ccc(=O)[nH]c2=O)O[C@@H]1CO. The lowest BCUT2D eigenvalue weighted by Gasteiger charge is -2.19. The number of aliphatic carboxylic acids is 1. The van der Waals surface area contributed by atoms with Gasteiger partial charge < -0.3 is 20.1 Å². The maximum Gasteiger partial charge on any atom is 0.330 e. The molecule has 1 aromatic heterocycles. The molecule has 12 heteroatoms. The smallest absolute Gasteiger partial charge is 0.330 e. The molecule has 0 amide bonds. The lowest BCUT2D eigenvalue weighted by molar-refractivity contribution is -0.134. The van der Waals surface area contributed by atoms with Gasteiger partial charge in [0, 0.05) is 12.3 Å².